The van der Waals surface area contributed by atoms with E-state index in [1.54, 1.807) is 0 Å². The van der Waals surface area contributed by atoms with E-state index in [4.69, 9.17) is 11.6 Å². The van der Waals surface area contributed by atoms with Crippen LogP contribution in [0.4, 0.5) is 0 Å². The molecular formula is C13H16ClN. The third-order valence-corrected chi connectivity index (χ3v) is 3.30. The van der Waals surface area contributed by atoms with Crippen LogP contribution in [0.2, 0.25) is 0 Å². The van der Waals surface area contributed by atoms with Crippen LogP contribution in [-0.4, -0.2) is 10.9 Å². The second kappa shape index (κ2) is 4.80. The van der Waals surface area contributed by atoms with Crippen molar-refractivity contribution in [1.29, 1.82) is 0 Å². The van der Waals surface area contributed by atoms with E-state index in [0.717, 1.165) is 6.42 Å². The van der Waals surface area contributed by atoms with Gasteiger partial charge in [-0.25, -0.2) is 0 Å². The van der Waals surface area contributed by atoms with Crippen LogP contribution in [0.5, 0.6) is 0 Å². The Hall–Kier alpha value is -0.820. The minimum atomic E-state index is 0.532. The highest BCUT2D eigenvalue weighted by atomic mass is 35.5. The first kappa shape index (κ1) is 10.7. The van der Waals surface area contributed by atoms with Gasteiger partial charge in [-0.3, -0.25) is 4.98 Å². The molecule has 1 aliphatic carbocycles. The second-order valence-electron chi connectivity index (χ2n) is 4.06. The van der Waals surface area contributed by atoms with E-state index in [-0.39, 0.29) is 0 Å². The number of allylic oxidation sites excluding steroid dienone is 2. The summed E-state index contributed by atoms with van der Waals surface area (Å²) in [6.07, 6.45) is 7.48. The number of pyridine rings is 1. The van der Waals surface area contributed by atoms with E-state index >= 15 is 0 Å². The van der Waals surface area contributed by atoms with E-state index in [0.29, 0.717) is 11.8 Å². The molecule has 2 rings (SSSR count). The van der Waals surface area contributed by atoms with Gasteiger partial charge in [0.15, 0.2) is 0 Å². The standard InChI is InChI=1S/C13H16ClN/c1-10(4-2-8-14)12-7-6-11-5-3-9-15-13(11)12/h3-5,9,12H,2,6-8H2,1H3. The zero-order valence-electron chi connectivity index (χ0n) is 9.04. The van der Waals surface area contributed by atoms with Crippen LogP contribution in [0, 0.1) is 0 Å². The molecule has 80 valence electrons. The number of rotatable bonds is 3. The lowest BCUT2D eigenvalue weighted by atomic mass is 9.97. The molecule has 1 aromatic heterocycles. The predicted octanol–water partition coefficient (Wildman–Crippen LogP) is 3.69. The molecule has 0 saturated heterocycles. The van der Waals surface area contributed by atoms with Crippen molar-refractivity contribution in [3.05, 3.63) is 41.2 Å². The summed E-state index contributed by atoms with van der Waals surface area (Å²) in [6.45, 7) is 2.20. The van der Waals surface area contributed by atoms with Gasteiger partial charge >= 0.3 is 0 Å². The molecule has 0 spiro atoms. The van der Waals surface area contributed by atoms with Gasteiger partial charge in [0.2, 0.25) is 0 Å². The van der Waals surface area contributed by atoms with Crippen molar-refractivity contribution in [1.82, 2.24) is 4.98 Å². The third kappa shape index (κ3) is 2.23. The fourth-order valence-corrected chi connectivity index (χ4v) is 2.39. The highest BCUT2D eigenvalue weighted by Crippen LogP contribution is 2.36. The van der Waals surface area contributed by atoms with Crippen LogP contribution in [0.15, 0.2) is 30.0 Å². The number of halogens is 1. The van der Waals surface area contributed by atoms with Crippen LogP contribution >= 0.6 is 11.6 Å². The molecule has 1 unspecified atom stereocenters. The fourth-order valence-electron chi connectivity index (χ4n) is 2.28. The van der Waals surface area contributed by atoms with Gasteiger partial charge in [-0.15, -0.1) is 11.6 Å². The first-order valence-corrected chi connectivity index (χ1v) is 6.03. The Kier molecular flexibility index (Phi) is 3.42. The van der Waals surface area contributed by atoms with E-state index in [1.165, 1.54) is 29.7 Å². The molecule has 1 aliphatic rings. The van der Waals surface area contributed by atoms with Crippen molar-refractivity contribution < 1.29 is 0 Å². The van der Waals surface area contributed by atoms with Gasteiger partial charge in [-0.05, 0) is 37.8 Å². The largest absolute Gasteiger partial charge is 0.260 e. The summed E-state index contributed by atoms with van der Waals surface area (Å²) in [7, 11) is 0. The average Bonchev–Trinajstić information content (AvgIpc) is 2.69. The van der Waals surface area contributed by atoms with Gasteiger partial charge in [0, 0.05) is 18.0 Å². The smallest absolute Gasteiger partial charge is 0.0506 e. The van der Waals surface area contributed by atoms with Crippen molar-refractivity contribution in [2.75, 3.05) is 5.88 Å². The molecule has 1 nitrogen and oxygen atoms in total. The van der Waals surface area contributed by atoms with Crippen molar-refractivity contribution in [2.45, 2.75) is 32.1 Å². The molecule has 0 N–H and O–H groups in total. The van der Waals surface area contributed by atoms with Crippen LogP contribution in [-0.2, 0) is 6.42 Å². The number of aromatic nitrogens is 1. The Labute approximate surface area is 96.2 Å². The summed E-state index contributed by atoms with van der Waals surface area (Å²) >= 11 is 5.69. The topological polar surface area (TPSA) is 12.9 Å². The minimum Gasteiger partial charge on any atom is -0.260 e. The molecule has 15 heavy (non-hydrogen) atoms. The number of hydrogen-bond acceptors (Lipinski definition) is 1. The lowest BCUT2D eigenvalue weighted by Gasteiger charge is -2.11. The number of alkyl halides is 1. The summed E-state index contributed by atoms with van der Waals surface area (Å²) in [5, 5.41) is 0. The summed E-state index contributed by atoms with van der Waals surface area (Å²) in [5.41, 5.74) is 4.12. The van der Waals surface area contributed by atoms with Gasteiger partial charge < -0.3 is 0 Å². The monoisotopic (exact) mass is 221 g/mol. The van der Waals surface area contributed by atoms with Gasteiger partial charge in [0.1, 0.15) is 0 Å². The van der Waals surface area contributed by atoms with Gasteiger partial charge in [0.25, 0.3) is 0 Å². The minimum absolute atomic E-state index is 0.532. The molecule has 1 atom stereocenters. The van der Waals surface area contributed by atoms with Crippen LogP contribution in [0.3, 0.4) is 0 Å². The van der Waals surface area contributed by atoms with Gasteiger partial charge in [0.05, 0.1) is 5.69 Å². The van der Waals surface area contributed by atoms with Crippen molar-refractivity contribution in [3.63, 3.8) is 0 Å². The Morgan fingerprint density at radius 2 is 2.53 bits per heavy atom. The first-order valence-electron chi connectivity index (χ1n) is 5.49. The number of hydrogen-bond donors (Lipinski definition) is 0. The molecule has 1 heterocycles. The average molecular weight is 222 g/mol. The maximum atomic E-state index is 5.69. The summed E-state index contributed by atoms with van der Waals surface area (Å²) in [6, 6.07) is 4.22. The van der Waals surface area contributed by atoms with Gasteiger partial charge in [-0.2, -0.15) is 0 Å². The highest BCUT2D eigenvalue weighted by Gasteiger charge is 2.24. The van der Waals surface area contributed by atoms with Crippen molar-refractivity contribution in [2.24, 2.45) is 0 Å². The van der Waals surface area contributed by atoms with Crippen molar-refractivity contribution >= 4 is 11.6 Å². The zero-order valence-corrected chi connectivity index (χ0v) is 9.80. The molecule has 0 aliphatic heterocycles. The maximum Gasteiger partial charge on any atom is 0.0506 e. The molecule has 1 aromatic rings. The number of nitrogens with zero attached hydrogens (tertiary/aromatic N) is 1. The summed E-state index contributed by atoms with van der Waals surface area (Å²) in [5.74, 6) is 1.24. The Morgan fingerprint density at radius 1 is 1.67 bits per heavy atom. The lowest BCUT2D eigenvalue weighted by molar-refractivity contribution is 0.751. The van der Waals surface area contributed by atoms with E-state index in [1.807, 2.05) is 12.3 Å². The van der Waals surface area contributed by atoms with E-state index in [9.17, 15) is 0 Å². The molecule has 2 heteroatoms. The molecule has 0 bridgehead atoms. The summed E-state index contributed by atoms with van der Waals surface area (Å²) in [4.78, 5) is 4.50. The third-order valence-electron chi connectivity index (χ3n) is 3.08. The maximum absolute atomic E-state index is 5.69. The van der Waals surface area contributed by atoms with Crippen LogP contribution in [0.1, 0.15) is 36.9 Å². The van der Waals surface area contributed by atoms with Crippen LogP contribution < -0.4 is 0 Å². The van der Waals surface area contributed by atoms with E-state index in [2.05, 4.69) is 24.1 Å². The second-order valence-corrected chi connectivity index (χ2v) is 4.44. The SMILES string of the molecule is CC(=CCCCl)C1CCc2cccnc21. The molecule has 0 saturated carbocycles. The predicted molar refractivity (Wildman–Crippen MR) is 64.4 cm³/mol. The molecule has 0 amide bonds. The van der Waals surface area contributed by atoms with Gasteiger partial charge in [-0.1, -0.05) is 17.7 Å². The molecule has 0 radical (unpaired) electrons. The molecular weight excluding hydrogens is 206 g/mol. The Morgan fingerprint density at radius 3 is 3.33 bits per heavy atom. The lowest BCUT2D eigenvalue weighted by Crippen LogP contribution is -1.98. The zero-order chi connectivity index (χ0) is 10.7. The van der Waals surface area contributed by atoms with E-state index < -0.39 is 0 Å². The fraction of sp³-hybridized carbons (Fsp3) is 0.462. The number of fused-ring (bicyclic) bond motifs is 1. The quantitative estimate of drug-likeness (QED) is 0.561. The first-order chi connectivity index (χ1) is 7.33. The Bertz CT molecular complexity index is 371. The highest BCUT2D eigenvalue weighted by molar-refractivity contribution is 6.17. The normalized spacial score (nSPS) is 20.4. The van der Waals surface area contributed by atoms with Crippen molar-refractivity contribution in [3.8, 4) is 0 Å². The Balaban J connectivity index is 2.20. The number of aryl methyl sites for hydroxylation is 1. The molecule has 0 aromatic carbocycles. The molecule has 0 fully saturated rings. The summed E-state index contributed by atoms with van der Waals surface area (Å²) < 4.78 is 0. The van der Waals surface area contributed by atoms with Crippen LogP contribution in [0.25, 0.3) is 0 Å².